The van der Waals surface area contributed by atoms with Crippen LogP contribution in [0.15, 0.2) is 42.5 Å². The van der Waals surface area contributed by atoms with Gasteiger partial charge in [-0.1, -0.05) is 41.4 Å². The van der Waals surface area contributed by atoms with Crippen LogP contribution in [0.3, 0.4) is 0 Å². The number of halogens is 2. The van der Waals surface area contributed by atoms with Crippen LogP contribution in [0.1, 0.15) is 18.4 Å². The monoisotopic (exact) mass is 407 g/mol. The van der Waals surface area contributed by atoms with E-state index < -0.39 is 0 Å². The van der Waals surface area contributed by atoms with Gasteiger partial charge >= 0.3 is 0 Å². The van der Waals surface area contributed by atoms with Gasteiger partial charge in [0.2, 0.25) is 5.91 Å². The molecule has 0 spiro atoms. The number of nitrogens with one attached hydrogen (secondary N) is 1. The third-order valence-electron chi connectivity index (χ3n) is 4.75. The maximum atomic E-state index is 12.5. The molecule has 0 unspecified atom stereocenters. The molecule has 6 nitrogen and oxygen atoms in total. The predicted molar refractivity (Wildman–Crippen MR) is 106 cm³/mol. The average Bonchev–Trinajstić information content (AvgIpc) is 2.67. The fourth-order valence-corrected chi connectivity index (χ4v) is 3.74. The molecule has 1 aliphatic rings. The molecule has 0 aromatic heterocycles. The van der Waals surface area contributed by atoms with Crippen molar-refractivity contribution in [3.8, 4) is 0 Å². The third-order valence-corrected chi connectivity index (χ3v) is 5.34. The zero-order valence-electron chi connectivity index (χ0n) is 14.5. The first kappa shape index (κ1) is 19.5. The first-order valence-electron chi connectivity index (χ1n) is 8.65. The second-order valence-electron chi connectivity index (χ2n) is 6.46. The fraction of sp³-hybridized carbons (Fsp3) is 0.316. The average molecular weight is 408 g/mol. The van der Waals surface area contributed by atoms with Crippen LogP contribution in [-0.2, 0) is 11.3 Å². The molecule has 0 bridgehead atoms. The molecule has 2 aromatic rings. The lowest BCUT2D eigenvalue weighted by Crippen LogP contribution is -2.40. The molecule has 1 fully saturated rings. The van der Waals surface area contributed by atoms with Crippen LogP contribution in [0.5, 0.6) is 0 Å². The maximum Gasteiger partial charge on any atom is 0.292 e. The SMILES string of the molecule is O=C(NCc1ccc(Cl)cc1Cl)C1CCN(c2ccccc2[N+](=O)[O-])CC1. The van der Waals surface area contributed by atoms with Crippen molar-refractivity contribution >= 4 is 40.5 Å². The van der Waals surface area contributed by atoms with E-state index >= 15 is 0 Å². The Balaban J connectivity index is 1.56. The van der Waals surface area contributed by atoms with Crippen molar-refractivity contribution in [2.75, 3.05) is 18.0 Å². The number of carbonyl (C=O) groups excluding carboxylic acids is 1. The van der Waals surface area contributed by atoms with Crippen LogP contribution in [0, 0.1) is 16.0 Å². The summed E-state index contributed by atoms with van der Waals surface area (Å²) >= 11 is 12.0. The van der Waals surface area contributed by atoms with E-state index in [1.165, 1.54) is 6.07 Å². The number of nitro benzene ring substituents is 1. The van der Waals surface area contributed by atoms with Gasteiger partial charge in [-0.2, -0.15) is 0 Å². The number of anilines is 1. The summed E-state index contributed by atoms with van der Waals surface area (Å²) in [5, 5.41) is 15.2. The number of hydrogen-bond acceptors (Lipinski definition) is 4. The molecule has 3 rings (SSSR count). The number of nitrogens with zero attached hydrogens (tertiary/aromatic N) is 2. The van der Waals surface area contributed by atoms with E-state index in [2.05, 4.69) is 5.32 Å². The van der Waals surface area contributed by atoms with Crippen LogP contribution < -0.4 is 10.2 Å². The highest BCUT2D eigenvalue weighted by molar-refractivity contribution is 6.35. The van der Waals surface area contributed by atoms with Crippen molar-refractivity contribution < 1.29 is 9.72 Å². The Bertz CT molecular complexity index is 852. The largest absolute Gasteiger partial charge is 0.366 e. The van der Waals surface area contributed by atoms with Gasteiger partial charge in [-0.3, -0.25) is 14.9 Å². The van der Waals surface area contributed by atoms with Gasteiger partial charge < -0.3 is 10.2 Å². The van der Waals surface area contributed by atoms with Gasteiger partial charge in [0.15, 0.2) is 0 Å². The van der Waals surface area contributed by atoms with Crippen molar-refractivity contribution in [2.24, 2.45) is 5.92 Å². The molecule has 27 heavy (non-hydrogen) atoms. The first-order valence-corrected chi connectivity index (χ1v) is 9.41. The smallest absolute Gasteiger partial charge is 0.292 e. The zero-order valence-corrected chi connectivity index (χ0v) is 16.0. The van der Waals surface area contributed by atoms with Gasteiger partial charge in [0.05, 0.1) is 4.92 Å². The molecule has 1 heterocycles. The number of carbonyl (C=O) groups is 1. The summed E-state index contributed by atoms with van der Waals surface area (Å²) in [6, 6.07) is 11.9. The maximum absolute atomic E-state index is 12.5. The van der Waals surface area contributed by atoms with Gasteiger partial charge in [-0.25, -0.2) is 0 Å². The quantitative estimate of drug-likeness (QED) is 0.587. The van der Waals surface area contributed by atoms with Crippen LogP contribution in [-0.4, -0.2) is 23.9 Å². The topological polar surface area (TPSA) is 75.5 Å². The van der Waals surface area contributed by atoms with Crippen LogP contribution in [0.25, 0.3) is 0 Å². The van der Waals surface area contributed by atoms with Gasteiger partial charge in [0, 0.05) is 41.7 Å². The molecule has 0 saturated carbocycles. The molecule has 1 aliphatic heterocycles. The van der Waals surface area contributed by atoms with E-state index in [4.69, 9.17) is 23.2 Å². The Kier molecular flexibility index (Phi) is 6.19. The standard InChI is InChI=1S/C19H19Cl2N3O3/c20-15-6-5-14(16(21)11-15)12-22-19(25)13-7-9-23(10-8-13)17-3-1-2-4-18(17)24(26)27/h1-6,11,13H,7-10,12H2,(H,22,25). The Morgan fingerprint density at radius 1 is 1.19 bits per heavy atom. The minimum Gasteiger partial charge on any atom is -0.366 e. The highest BCUT2D eigenvalue weighted by Gasteiger charge is 2.28. The summed E-state index contributed by atoms with van der Waals surface area (Å²) in [6.45, 7) is 1.55. The molecule has 2 aromatic carbocycles. The van der Waals surface area contributed by atoms with E-state index in [1.54, 1.807) is 36.4 Å². The van der Waals surface area contributed by atoms with Crippen molar-refractivity contribution in [1.82, 2.24) is 5.32 Å². The van der Waals surface area contributed by atoms with Crippen LogP contribution >= 0.6 is 23.2 Å². The summed E-state index contributed by atoms with van der Waals surface area (Å²) in [7, 11) is 0. The summed E-state index contributed by atoms with van der Waals surface area (Å²) < 4.78 is 0. The molecule has 1 amide bonds. The van der Waals surface area contributed by atoms with Crippen molar-refractivity contribution in [2.45, 2.75) is 19.4 Å². The van der Waals surface area contributed by atoms with E-state index in [9.17, 15) is 14.9 Å². The molecule has 0 aliphatic carbocycles. The Hall–Kier alpha value is -2.31. The Morgan fingerprint density at radius 2 is 1.89 bits per heavy atom. The lowest BCUT2D eigenvalue weighted by atomic mass is 9.95. The summed E-state index contributed by atoms with van der Waals surface area (Å²) in [6.07, 6.45) is 1.29. The normalized spacial score (nSPS) is 14.8. The number of hydrogen-bond donors (Lipinski definition) is 1. The lowest BCUT2D eigenvalue weighted by molar-refractivity contribution is -0.384. The molecule has 1 N–H and O–H groups in total. The number of amides is 1. The zero-order chi connectivity index (χ0) is 19.4. The number of nitro groups is 1. The van der Waals surface area contributed by atoms with E-state index in [0.717, 1.165) is 5.56 Å². The summed E-state index contributed by atoms with van der Waals surface area (Å²) in [5.41, 5.74) is 1.51. The van der Waals surface area contributed by atoms with E-state index in [-0.39, 0.29) is 22.4 Å². The van der Waals surface area contributed by atoms with Gasteiger partial charge in [-0.05, 0) is 36.6 Å². The second kappa shape index (κ2) is 8.59. The van der Waals surface area contributed by atoms with Gasteiger partial charge in [0.25, 0.3) is 5.69 Å². The first-order chi connectivity index (χ1) is 13.0. The molecule has 142 valence electrons. The van der Waals surface area contributed by atoms with Gasteiger partial charge in [0.1, 0.15) is 5.69 Å². The van der Waals surface area contributed by atoms with Gasteiger partial charge in [-0.15, -0.1) is 0 Å². The fourth-order valence-electron chi connectivity index (χ4n) is 3.26. The van der Waals surface area contributed by atoms with E-state index in [0.29, 0.717) is 48.2 Å². The van der Waals surface area contributed by atoms with Crippen LogP contribution in [0.4, 0.5) is 11.4 Å². The molecule has 0 atom stereocenters. The highest BCUT2D eigenvalue weighted by atomic mass is 35.5. The minimum atomic E-state index is -0.371. The molecule has 8 heteroatoms. The third kappa shape index (κ3) is 4.70. The summed E-state index contributed by atoms with van der Waals surface area (Å²) in [5.74, 6) is -0.140. The van der Waals surface area contributed by atoms with Crippen molar-refractivity contribution in [1.29, 1.82) is 0 Å². The Labute approximate surface area is 167 Å². The predicted octanol–water partition coefficient (Wildman–Crippen LogP) is 4.43. The van der Waals surface area contributed by atoms with Crippen molar-refractivity contribution in [3.05, 3.63) is 68.2 Å². The second-order valence-corrected chi connectivity index (χ2v) is 7.30. The number of piperidine rings is 1. The number of rotatable bonds is 5. The molecule has 1 saturated heterocycles. The number of benzene rings is 2. The van der Waals surface area contributed by atoms with Crippen molar-refractivity contribution in [3.63, 3.8) is 0 Å². The van der Waals surface area contributed by atoms with Crippen LogP contribution in [0.2, 0.25) is 10.0 Å². The highest BCUT2D eigenvalue weighted by Crippen LogP contribution is 2.31. The minimum absolute atomic E-state index is 0.0248. The molecular formula is C19H19Cl2N3O3. The molecular weight excluding hydrogens is 389 g/mol. The molecule has 0 radical (unpaired) electrons. The Morgan fingerprint density at radius 3 is 2.56 bits per heavy atom. The number of para-hydroxylation sites is 2. The summed E-state index contributed by atoms with van der Waals surface area (Å²) in [4.78, 5) is 25.3. The van der Waals surface area contributed by atoms with E-state index in [1.807, 2.05) is 4.90 Å². The lowest BCUT2D eigenvalue weighted by Gasteiger charge is -2.32.